The van der Waals surface area contributed by atoms with Gasteiger partial charge in [-0.1, -0.05) is 54.6 Å². The number of ether oxygens (including phenoxy) is 5. The van der Waals surface area contributed by atoms with E-state index in [9.17, 15) is 10.2 Å². The standard InChI is InChI=1S/C28H32O7/c1-31-23-12-8-20(9-13-23)16-33-18-28(30)19-35-26(25(29)22-6-4-3-5-7-22)27(28)34-17-21-10-14-24(32-2)15-11-21/h3-15,25-27,29-30H,16-19H2,1-2H3/t25-,26+,27+,28+/m1/s1. The lowest BCUT2D eigenvalue weighted by molar-refractivity contribution is -0.141. The predicted molar refractivity (Wildman–Crippen MR) is 130 cm³/mol. The maximum atomic E-state index is 11.5. The van der Waals surface area contributed by atoms with Gasteiger partial charge in [-0.3, -0.25) is 0 Å². The minimum absolute atomic E-state index is 0.00961. The SMILES string of the molecule is COc1ccc(COC[C@]2(O)CO[C@@H]([C@H](O)c3ccccc3)[C@@H]2OCc2ccc(OC)cc2)cc1. The molecule has 0 amide bonds. The van der Waals surface area contributed by atoms with Crippen LogP contribution in [0, 0.1) is 0 Å². The molecule has 0 saturated carbocycles. The van der Waals surface area contributed by atoms with Gasteiger partial charge in [0.15, 0.2) is 0 Å². The van der Waals surface area contributed by atoms with Crippen LogP contribution < -0.4 is 9.47 Å². The summed E-state index contributed by atoms with van der Waals surface area (Å²) in [5.41, 5.74) is 1.12. The minimum Gasteiger partial charge on any atom is -0.497 e. The smallest absolute Gasteiger partial charge is 0.140 e. The fraction of sp³-hybridized carbons (Fsp3) is 0.357. The number of benzene rings is 3. The molecule has 0 bridgehead atoms. The third-order valence-electron chi connectivity index (χ3n) is 6.17. The zero-order valence-corrected chi connectivity index (χ0v) is 20.0. The van der Waals surface area contributed by atoms with Gasteiger partial charge >= 0.3 is 0 Å². The van der Waals surface area contributed by atoms with Crippen molar-refractivity contribution < 1.29 is 33.9 Å². The maximum Gasteiger partial charge on any atom is 0.140 e. The third kappa shape index (κ3) is 6.20. The Morgan fingerprint density at radius 3 is 2.00 bits per heavy atom. The molecule has 4 rings (SSSR count). The fourth-order valence-corrected chi connectivity index (χ4v) is 4.16. The van der Waals surface area contributed by atoms with E-state index in [1.807, 2.05) is 78.9 Å². The van der Waals surface area contributed by atoms with Gasteiger partial charge in [0, 0.05) is 0 Å². The molecule has 0 radical (unpaired) electrons. The van der Waals surface area contributed by atoms with E-state index in [0.29, 0.717) is 12.2 Å². The highest BCUT2D eigenvalue weighted by atomic mass is 16.6. The normalized spacial score (nSPS) is 22.6. The van der Waals surface area contributed by atoms with E-state index >= 15 is 0 Å². The average Bonchev–Trinajstić information content (AvgIpc) is 3.24. The lowest BCUT2D eigenvalue weighted by Gasteiger charge is -2.32. The second-order valence-corrected chi connectivity index (χ2v) is 8.66. The molecule has 186 valence electrons. The Kier molecular flexibility index (Phi) is 8.38. The van der Waals surface area contributed by atoms with Crippen LogP contribution in [0.2, 0.25) is 0 Å². The number of aliphatic hydroxyl groups is 2. The lowest BCUT2D eigenvalue weighted by atomic mass is 9.92. The molecular formula is C28H32O7. The maximum absolute atomic E-state index is 11.5. The Balaban J connectivity index is 1.46. The summed E-state index contributed by atoms with van der Waals surface area (Å²) < 4.78 is 28.4. The molecule has 0 aromatic heterocycles. The summed E-state index contributed by atoms with van der Waals surface area (Å²) in [6.45, 7) is 0.516. The molecule has 3 aromatic rings. The van der Waals surface area contributed by atoms with E-state index in [1.54, 1.807) is 14.2 Å². The van der Waals surface area contributed by atoms with Gasteiger partial charge < -0.3 is 33.9 Å². The largest absolute Gasteiger partial charge is 0.497 e. The predicted octanol–water partition coefficient (Wildman–Crippen LogP) is 3.67. The molecule has 1 heterocycles. The van der Waals surface area contributed by atoms with Gasteiger partial charge in [-0.05, 0) is 41.0 Å². The molecule has 1 aliphatic heterocycles. The fourth-order valence-electron chi connectivity index (χ4n) is 4.16. The highest BCUT2D eigenvalue weighted by Gasteiger charge is 2.52. The Hall–Kier alpha value is -2.94. The number of methoxy groups -OCH3 is 2. The van der Waals surface area contributed by atoms with Gasteiger partial charge in [-0.2, -0.15) is 0 Å². The highest BCUT2D eigenvalue weighted by molar-refractivity contribution is 5.28. The zero-order valence-electron chi connectivity index (χ0n) is 20.0. The monoisotopic (exact) mass is 480 g/mol. The van der Waals surface area contributed by atoms with Gasteiger partial charge in [0.25, 0.3) is 0 Å². The molecule has 1 saturated heterocycles. The van der Waals surface area contributed by atoms with E-state index in [1.165, 1.54) is 0 Å². The number of aliphatic hydroxyl groups excluding tert-OH is 1. The summed E-state index contributed by atoms with van der Waals surface area (Å²) in [6, 6.07) is 24.3. The van der Waals surface area contributed by atoms with Crippen molar-refractivity contribution in [2.45, 2.75) is 37.1 Å². The first-order valence-corrected chi connectivity index (χ1v) is 11.5. The minimum atomic E-state index is -1.43. The van der Waals surface area contributed by atoms with Crippen LogP contribution >= 0.6 is 0 Å². The molecule has 7 nitrogen and oxygen atoms in total. The Morgan fingerprint density at radius 1 is 0.857 bits per heavy atom. The topological polar surface area (TPSA) is 86.6 Å². The Labute approximate surface area is 205 Å². The average molecular weight is 481 g/mol. The van der Waals surface area contributed by atoms with Gasteiger partial charge in [0.1, 0.15) is 35.4 Å². The number of rotatable bonds is 11. The van der Waals surface area contributed by atoms with Gasteiger partial charge in [0.2, 0.25) is 0 Å². The van der Waals surface area contributed by atoms with Crippen LogP contribution in [0.4, 0.5) is 0 Å². The van der Waals surface area contributed by atoms with Crippen LogP contribution in [0.5, 0.6) is 11.5 Å². The molecule has 0 unspecified atom stereocenters. The summed E-state index contributed by atoms with van der Waals surface area (Å²) in [4.78, 5) is 0. The first-order valence-electron chi connectivity index (χ1n) is 11.5. The summed E-state index contributed by atoms with van der Waals surface area (Å²) in [5.74, 6) is 1.51. The Bertz CT molecular complexity index is 1040. The van der Waals surface area contributed by atoms with E-state index in [4.69, 9.17) is 23.7 Å². The summed E-state index contributed by atoms with van der Waals surface area (Å²) >= 11 is 0. The summed E-state index contributed by atoms with van der Waals surface area (Å²) in [6.07, 6.45) is -2.53. The van der Waals surface area contributed by atoms with Crippen molar-refractivity contribution >= 4 is 0 Å². The third-order valence-corrected chi connectivity index (χ3v) is 6.17. The first-order chi connectivity index (χ1) is 17.0. The van der Waals surface area contributed by atoms with Crippen molar-refractivity contribution in [3.63, 3.8) is 0 Å². The molecular weight excluding hydrogens is 448 g/mol. The lowest BCUT2D eigenvalue weighted by Crippen LogP contribution is -2.50. The number of hydrogen-bond acceptors (Lipinski definition) is 7. The Morgan fingerprint density at radius 2 is 1.43 bits per heavy atom. The van der Waals surface area contributed by atoms with Gasteiger partial charge in [-0.15, -0.1) is 0 Å². The van der Waals surface area contributed by atoms with Crippen LogP contribution in [0.1, 0.15) is 22.8 Å². The van der Waals surface area contributed by atoms with E-state index < -0.39 is 23.9 Å². The quantitative estimate of drug-likeness (QED) is 0.433. The second kappa shape index (κ2) is 11.7. The van der Waals surface area contributed by atoms with Crippen LogP contribution in [0.25, 0.3) is 0 Å². The first kappa shape index (κ1) is 25.2. The molecule has 1 fully saturated rings. The number of hydrogen-bond donors (Lipinski definition) is 2. The van der Waals surface area contributed by atoms with Gasteiger partial charge in [0.05, 0.1) is 40.6 Å². The van der Waals surface area contributed by atoms with Crippen molar-refractivity contribution in [2.75, 3.05) is 27.4 Å². The summed E-state index contributed by atoms with van der Waals surface area (Å²) in [7, 11) is 3.23. The molecule has 35 heavy (non-hydrogen) atoms. The molecule has 0 spiro atoms. The van der Waals surface area contributed by atoms with Crippen molar-refractivity contribution in [1.29, 1.82) is 0 Å². The van der Waals surface area contributed by atoms with Crippen molar-refractivity contribution in [3.8, 4) is 11.5 Å². The van der Waals surface area contributed by atoms with Crippen molar-refractivity contribution in [3.05, 3.63) is 95.6 Å². The molecule has 1 aliphatic rings. The molecule has 7 heteroatoms. The zero-order chi connectivity index (χ0) is 24.7. The highest BCUT2D eigenvalue weighted by Crippen LogP contribution is 2.36. The molecule has 0 aliphatic carbocycles. The van der Waals surface area contributed by atoms with E-state index in [-0.39, 0.29) is 19.8 Å². The van der Waals surface area contributed by atoms with Gasteiger partial charge in [-0.25, -0.2) is 0 Å². The molecule has 4 atom stereocenters. The van der Waals surface area contributed by atoms with Crippen LogP contribution in [-0.4, -0.2) is 55.5 Å². The van der Waals surface area contributed by atoms with E-state index in [0.717, 1.165) is 22.6 Å². The molecule has 3 aromatic carbocycles. The van der Waals surface area contributed by atoms with Crippen molar-refractivity contribution in [1.82, 2.24) is 0 Å². The molecule has 2 N–H and O–H groups in total. The summed E-state index contributed by atoms with van der Waals surface area (Å²) in [5, 5.41) is 22.6. The van der Waals surface area contributed by atoms with Crippen molar-refractivity contribution in [2.24, 2.45) is 0 Å². The second-order valence-electron chi connectivity index (χ2n) is 8.66. The van der Waals surface area contributed by atoms with Crippen LogP contribution in [-0.2, 0) is 27.4 Å². The van der Waals surface area contributed by atoms with E-state index in [2.05, 4.69) is 0 Å². The van der Waals surface area contributed by atoms with Crippen LogP contribution in [0.3, 0.4) is 0 Å². The van der Waals surface area contributed by atoms with Crippen LogP contribution in [0.15, 0.2) is 78.9 Å².